The molecule has 112 valence electrons. The molecule has 0 aliphatic heterocycles. The third kappa shape index (κ3) is 3.18. The predicted molar refractivity (Wildman–Crippen MR) is 85.2 cm³/mol. The second-order valence-electron chi connectivity index (χ2n) is 5.57. The maximum Gasteiger partial charge on any atom is 0.263 e. The van der Waals surface area contributed by atoms with Crippen molar-refractivity contribution in [3.63, 3.8) is 0 Å². The lowest BCUT2D eigenvalue weighted by molar-refractivity contribution is 0.0941. The first-order valence-corrected chi connectivity index (χ1v) is 8.53. The molecule has 2 aromatic rings. The van der Waals surface area contributed by atoms with Gasteiger partial charge in [-0.05, 0) is 31.4 Å². The number of carbonyl (C=O) groups is 1. The van der Waals surface area contributed by atoms with Crippen molar-refractivity contribution in [3.05, 3.63) is 35.1 Å². The minimum Gasteiger partial charge on any atom is -0.349 e. The normalized spacial score (nSPS) is 15.5. The molecule has 0 saturated heterocycles. The Kier molecular flexibility index (Phi) is 4.39. The smallest absolute Gasteiger partial charge is 0.263 e. The molecule has 0 spiro atoms. The lowest BCUT2D eigenvalue weighted by Gasteiger charge is -2.11. The number of nitrogens with zero attached hydrogens (tertiary/aromatic N) is 2. The Morgan fingerprint density at radius 2 is 2.10 bits per heavy atom. The summed E-state index contributed by atoms with van der Waals surface area (Å²) >= 11 is 1.49. The van der Waals surface area contributed by atoms with Crippen LogP contribution < -0.4 is 5.32 Å². The lowest BCUT2D eigenvalue weighted by Crippen LogP contribution is -2.32. The van der Waals surface area contributed by atoms with E-state index in [0.29, 0.717) is 6.04 Å². The lowest BCUT2D eigenvalue weighted by atomic mass is 10.2. The molecule has 0 bridgehead atoms. The molecule has 1 saturated carbocycles. The molecule has 0 unspecified atom stereocenters. The van der Waals surface area contributed by atoms with Gasteiger partial charge in [-0.2, -0.15) is 0 Å². The standard InChI is InChI=1S/C16H21N3OS/c1-2-7-13-14(15(20)17-12-8-3-4-9-12)21-16(18-13)19-10-5-6-11-19/h5-6,10-12H,2-4,7-9H2,1H3,(H,17,20). The van der Waals surface area contributed by atoms with Crippen LogP contribution in [-0.4, -0.2) is 21.5 Å². The molecule has 2 aromatic heterocycles. The molecule has 21 heavy (non-hydrogen) atoms. The summed E-state index contributed by atoms with van der Waals surface area (Å²) in [6.07, 6.45) is 10.5. The van der Waals surface area contributed by atoms with Crippen LogP contribution in [0.25, 0.3) is 5.13 Å². The largest absolute Gasteiger partial charge is 0.349 e. The fourth-order valence-electron chi connectivity index (χ4n) is 2.82. The van der Waals surface area contributed by atoms with Crippen molar-refractivity contribution in [3.8, 4) is 5.13 Å². The molecule has 3 rings (SSSR count). The minimum atomic E-state index is 0.0567. The van der Waals surface area contributed by atoms with Crippen molar-refractivity contribution < 1.29 is 4.79 Å². The number of hydrogen-bond donors (Lipinski definition) is 1. The van der Waals surface area contributed by atoms with Crippen LogP contribution in [0.3, 0.4) is 0 Å². The van der Waals surface area contributed by atoms with Crippen LogP contribution in [0.5, 0.6) is 0 Å². The van der Waals surface area contributed by atoms with Gasteiger partial charge in [-0.3, -0.25) is 4.79 Å². The van der Waals surface area contributed by atoms with E-state index in [2.05, 4.69) is 17.2 Å². The van der Waals surface area contributed by atoms with E-state index in [-0.39, 0.29) is 5.91 Å². The van der Waals surface area contributed by atoms with E-state index in [1.54, 1.807) is 0 Å². The van der Waals surface area contributed by atoms with E-state index in [1.165, 1.54) is 24.2 Å². The highest BCUT2D eigenvalue weighted by molar-refractivity contribution is 7.16. The van der Waals surface area contributed by atoms with Gasteiger partial charge in [0.2, 0.25) is 0 Å². The third-order valence-electron chi connectivity index (χ3n) is 3.89. The average Bonchev–Trinajstić information content (AvgIpc) is 3.20. The summed E-state index contributed by atoms with van der Waals surface area (Å²) in [6, 6.07) is 4.29. The SMILES string of the molecule is CCCc1nc(-n2cccc2)sc1C(=O)NC1CCCC1. The summed E-state index contributed by atoms with van der Waals surface area (Å²) in [4.78, 5) is 18.0. The van der Waals surface area contributed by atoms with Crippen molar-refractivity contribution in [1.29, 1.82) is 0 Å². The van der Waals surface area contributed by atoms with Gasteiger partial charge in [0.1, 0.15) is 4.88 Å². The Bertz CT molecular complexity index is 597. The van der Waals surface area contributed by atoms with Gasteiger partial charge < -0.3 is 9.88 Å². The molecule has 0 aromatic carbocycles. The van der Waals surface area contributed by atoms with Crippen molar-refractivity contribution in [2.24, 2.45) is 0 Å². The number of rotatable bonds is 5. The van der Waals surface area contributed by atoms with Crippen molar-refractivity contribution >= 4 is 17.2 Å². The number of carbonyl (C=O) groups excluding carboxylic acids is 1. The van der Waals surface area contributed by atoms with Gasteiger partial charge in [-0.25, -0.2) is 4.98 Å². The van der Waals surface area contributed by atoms with Crippen LogP contribution >= 0.6 is 11.3 Å². The maximum atomic E-state index is 12.5. The fourth-order valence-corrected chi connectivity index (χ4v) is 3.80. The average molecular weight is 303 g/mol. The number of thiazole rings is 1. The van der Waals surface area contributed by atoms with Gasteiger partial charge in [-0.15, -0.1) is 0 Å². The van der Waals surface area contributed by atoms with Crippen molar-refractivity contribution in [2.45, 2.75) is 51.5 Å². The summed E-state index contributed by atoms with van der Waals surface area (Å²) in [5.41, 5.74) is 0.932. The molecule has 1 N–H and O–H groups in total. The zero-order valence-electron chi connectivity index (χ0n) is 12.3. The van der Waals surface area contributed by atoms with E-state index < -0.39 is 0 Å². The topological polar surface area (TPSA) is 46.9 Å². The van der Waals surface area contributed by atoms with Gasteiger partial charge in [-0.1, -0.05) is 37.5 Å². The fraction of sp³-hybridized carbons (Fsp3) is 0.500. The number of hydrogen-bond acceptors (Lipinski definition) is 3. The monoisotopic (exact) mass is 303 g/mol. The van der Waals surface area contributed by atoms with Gasteiger partial charge in [0, 0.05) is 18.4 Å². The Morgan fingerprint density at radius 1 is 1.38 bits per heavy atom. The van der Waals surface area contributed by atoms with Gasteiger partial charge in [0.25, 0.3) is 5.91 Å². The Hall–Kier alpha value is -1.62. The van der Waals surface area contributed by atoms with Crippen LogP contribution in [0.2, 0.25) is 0 Å². The van der Waals surface area contributed by atoms with E-state index in [1.807, 2.05) is 29.1 Å². The molecule has 0 radical (unpaired) electrons. The minimum absolute atomic E-state index is 0.0567. The Balaban J connectivity index is 1.83. The molecular weight excluding hydrogens is 282 g/mol. The van der Waals surface area contributed by atoms with Crippen molar-refractivity contribution in [1.82, 2.24) is 14.9 Å². The van der Waals surface area contributed by atoms with Crippen LogP contribution in [0.15, 0.2) is 24.5 Å². The van der Waals surface area contributed by atoms with Crippen LogP contribution in [0.4, 0.5) is 0 Å². The van der Waals surface area contributed by atoms with Gasteiger partial charge in [0.15, 0.2) is 5.13 Å². The molecule has 0 atom stereocenters. The number of aromatic nitrogens is 2. The van der Waals surface area contributed by atoms with Crippen LogP contribution in [0.1, 0.15) is 54.4 Å². The molecular formula is C16H21N3OS. The summed E-state index contributed by atoms with van der Waals surface area (Å²) in [6.45, 7) is 2.12. The van der Waals surface area contributed by atoms with E-state index >= 15 is 0 Å². The predicted octanol–water partition coefficient (Wildman–Crippen LogP) is 3.56. The molecule has 1 fully saturated rings. The second kappa shape index (κ2) is 6.43. The van der Waals surface area contributed by atoms with E-state index in [4.69, 9.17) is 0 Å². The van der Waals surface area contributed by atoms with E-state index in [9.17, 15) is 4.79 Å². The highest BCUT2D eigenvalue weighted by Crippen LogP contribution is 2.25. The summed E-state index contributed by atoms with van der Waals surface area (Å²) < 4.78 is 1.97. The third-order valence-corrected chi connectivity index (χ3v) is 5.00. The highest BCUT2D eigenvalue weighted by Gasteiger charge is 2.22. The zero-order chi connectivity index (χ0) is 14.7. The van der Waals surface area contributed by atoms with Crippen molar-refractivity contribution in [2.75, 3.05) is 0 Å². The zero-order valence-corrected chi connectivity index (χ0v) is 13.2. The van der Waals surface area contributed by atoms with Crippen LogP contribution in [-0.2, 0) is 6.42 Å². The number of nitrogens with one attached hydrogen (secondary N) is 1. The highest BCUT2D eigenvalue weighted by atomic mass is 32.1. The molecule has 5 heteroatoms. The van der Waals surface area contributed by atoms with E-state index in [0.717, 1.165) is 41.4 Å². The molecule has 1 aliphatic carbocycles. The first kappa shape index (κ1) is 14.3. The van der Waals surface area contributed by atoms with Gasteiger partial charge >= 0.3 is 0 Å². The number of aryl methyl sites for hydroxylation is 1. The Morgan fingerprint density at radius 3 is 2.76 bits per heavy atom. The van der Waals surface area contributed by atoms with Crippen LogP contribution in [0, 0.1) is 0 Å². The molecule has 4 nitrogen and oxygen atoms in total. The second-order valence-corrected chi connectivity index (χ2v) is 6.54. The first-order chi connectivity index (χ1) is 10.3. The number of amides is 1. The quantitative estimate of drug-likeness (QED) is 0.918. The maximum absolute atomic E-state index is 12.5. The molecule has 1 aliphatic rings. The first-order valence-electron chi connectivity index (χ1n) is 7.72. The Labute approximate surface area is 129 Å². The summed E-state index contributed by atoms with van der Waals surface area (Å²) in [5.74, 6) is 0.0567. The summed E-state index contributed by atoms with van der Waals surface area (Å²) in [7, 11) is 0. The molecule has 1 amide bonds. The summed E-state index contributed by atoms with van der Waals surface area (Å²) in [5, 5.41) is 4.05. The molecule has 2 heterocycles. The van der Waals surface area contributed by atoms with Gasteiger partial charge in [0.05, 0.1) is 5.69 Å².